The van der Waals surface area contributed by atoms with Crippen LogP contribution >= 0.6 is 0 Å². The number of H-pyrrole nitrogens is 1. The van der Waals surface area contributed by atoms with E-state index in [0.29, 0.717) is 6.42 Å². The number of hydrogen-bond donors (Lipinski definition) is 6. The van der Waals surface area contributed by atoms with Gasteiger partial charge in [-0.25, -0.2) is 4.79 Å². The number of hydrogen-bond acceptors (Lipinski definition) is 5. The number of carboxylic acids is 1. The van der Waals surface area contributed by atoms with Gasteiger partial charge in [-0.3, -0.25) is 14.4 Å². The van der Waals surface area contributed by atoms with E-state index in [1.165, 1.54) is 0 Å². The highest BCUT2D eigenvalue weighted by Gasteiger charge is 2.32. The minimum Gasteiger partial charge on any atom is -0.480 e. The second-order valence-corrected chi connectivity index (χ2v) is 10.7. The van der Waals surface area contributed by atoms with Gasteiger partial charge in [-0.15, -0.1) is 0 Å². The fourth-order valence-corrected chi connectivity index (χ4v) is 4.04. The van der Waals surface area contributed by atoms with Crippen LogP contribution in [0.1, 0.15) is 53.5 Å². The Morgan fingerprint density at radius 2 is 1.49 bits per heavy atom. The first-order chi connectivity index (χ1) is 17.3. The number of aromatic nitrogens is 1. The van der Waals surface area contributed by atoms with Crippen molar-refractivity contribution in [1.82, 2.24) is 20.9 Å². The molecule has 0 fully saturated rings. The van der Waals surface area contributed by atoms with Crippen molar-refractivity contribution in [2.24, 2.45) is 23.5 Å². The number of fused-ring (bicyclic) bond motifs is 1. The predicted molar refractivity (Wildman–Crippen MR) is 143 cm³/mol. The van der Waals surface area contributed by atoms with Gasteiger partial charge in [0.2, 0.25) is 17.7 Å². The normalized spacial score (nSPS) is 14.9. The molecule has 0 saturated heterocycles. The molecule has 7 N–H and O–H groups in total. The average Bonchev–Trinajstić information content (AvgIpc) is 3.22. The van der Waals surface area contributed by atoms with Gasteiger partial charge in [0.05, 0.1) is 6.04 Å². The van der Waals surface area contributed by atoms with E-state index in [0.717, 1.165) is 16.5 Å². The second-order valence-electron chi connectivity index (χ2n) is 10.7. The zero-order chi connectivity index (χ0) is 27.9. The molecule has 4 unspecified atom stereocenters. The maximum atomic E-state index is 13.2. The van der Waals surface area contributed by atoms with E-state index in [-0.39, 0.29) is 24.2 Å². The Hall–Kier alpha value is -3.40. The summed E-state index contributed by atoms with van der Waals surface area (Å²) in [4.78, 5) is 54.0. The van der Waals surface area contributed by atoms with E-state index in [4.69, 9.17) is 5.73 Å². The number of rotatable bonds is 13. The van der Waals surface area contributed by atoms with Crippen LogP contribution in [0.15, 0.2) is 30.5 Å². The van der Waals surface area contributed by atoms with Crippen LogP contribution in [-0.4, -0.2) is 57.9 Å². The number of carbonyl (C=O) groups excluding carboxylic acids is 3. The van der Waals surface area contributed by atoms with Crippen LogP contribution in [-0.2, 0) is 25.6 Å². The molecule has 1 aromatic carbocycles. The largest absolute Gasteiger partial charge is 0.480 e. The maximum Gasteiger partial charge on any atom is 0.326 e. The maximum absolute atomic E-state index is 13.2. The second kappa shape index (κ2) is 13.2. The third kappa shape index (κ3) is 8.31. The van der Waals surface area contributed by atoms with Gasteiger partial charge in [0, 0.05) is 23.5 Å². The molecule has 1 aromatic heterocycles. The Labute approximate surface area is 218 Å². The molecule has 0 saturated carbocycles. The lowest BCUT2D eigenvalue weighted by Gasteiger charge is -2.28. The molecule has 37 heavy (non-hydrogen) atoms. The molecule has 3 amide bonds. The lowest BCUT2D eigenvalue weighted by molar-refractivity contribution is -0.142. The van der Waals surface area contributed by atoms with Gasteiger partial charge in [0.1, 0.15) is 18.1 Å². The zero-order valence-corrected chi connectivity index (χ0v) is 22.5. The number of aromatic amines is 1. The Morgan fingerprint density at radius 1 is 0.865 bits per heavy atom. The smallest absolute Gasteiger partial charge is 0.326 e. The number of nitrogens with one attached hydrogen (secondary N) is 4. The number of para-hydroxylation sites is 1. The highest BCUT2D eigenvalue weighted by molar-refractivity contribution is 5.94. The van der Waals surface area contributed by atoms with Crippen molar-refractivity contribution in [3.05, 3.63) is 36.0 Å². The highest BCUT2D eigenvalue weighted by atomic mass is 16.4. The standard InChI is InChI=1S/C27H41N5O5/c1-14(2)11-20(30-25(34)22(28)15(3)4)24(33)32-23(16(5)6)26(35)31-21(27(36)37)12-17-13-29-19-10-8-7-9-18(17)19/h7-10,13-16,20-23,29H,11-12,28H2,1-6H3,(H,30,34)(H,31,35)(H,32,33)(H,36,37). The molecule has 0 aliphatic rings. The summed E-state index contributed by atoms with van der Waals surface area (Å²) in [5.74, 6) is -3.10. The molecule has 0 aliphatic heterocycles. The fraction of sp³-hybridized carbons (Fsp3) is 0.556. The van der Waals surface area contributed by atoms with E-state index in [2.05, 4.69) is 20.9 Å². The van der Waals surface area contributed by atoms with Gasteiger partial charge >= 0.3 is 5.97 Å². The first kappa shape index (κ1) is 29.8. The zero-order valence-electron chi connectivity index (χ0n) is 22.5. The van der Waals surface area contributed by atoms with Crippen molar-refractivity contribution in [2.75, 3.05) is 0 Å². The molecule has 0 bridgehead atoms. The van der Waals surface area contributed by atoms with Crippen molar-refractivity contribution in [1.29, 1.82) is 0 Å². The van der Waals surface area contributed by atoms with Crippen molar-refractivity contribution in [2.45, 2.75) is 78.6 Å². The van der Waals surface area contributed by atoms with E-state index in [9.17, 15) is 24.3 Å². The summed E-state index contributed by atoms with van der Waals surface area (Å²) in [5, 5.41) is 18.7. The summed E-state index contributed by atoms with van der Waals surface area (Å²) in [6, 6.07) is 3.66. The topological polar surface area (TPSA) is 166 Å². The summed E-state index contributed by atoms with van der Waals surface area (Å²) in [6.45, 7) is 11.0. The molecule has 0 spiro atoms. The molecule has 0 aliphatic carbocycles. The van der Waals surface area contributed by atoms with Crippen LogP contribution < -0.4 is 21.7 Å². The van der Waals surface area contributed by atoms with E-state index in [1.54, 1.807) is 20.0 Å². The molecular weight excluding hydrogens is 474 g/mol. The Bertz CT molecular complexity index is 1090. The minimum absolute atomic E-state index is 0.0724. The summed E-state index contributed by atoms with van der Waals surface area (Å²) in [5.41, 5.74) is 7.57. The molecule has 204 valence electrons. The van der Waals surface area contributed by atoms with Gasteiger partial charge in [0.25, 0.3) is 0 Å². The lowest BCUT2D eigenvalue weighted by atomic mass is 9.98. The van der Waals surface area contributed by atoms with Crippen molar-refractivity contribution < 1.29 is 24.3 Å². The summed E-state index contributed by atoms with van der Waals surface area (Å²) >= 11 is 0. The van der Waals surface area contributed by atoms with Gasteiger partial charge in [-0.2, -0.15) is 0 Å². The number of nitrogens with two attached hydrogens (primary N) is 1. The summed E-state index contributed by atoms with van der Waals surface area (Å²) in [6.07, 6.45) is 2.16. The quantitative estimate of drug-likeness (QED) is 0.238. The van der Waals surface area contributed by atoms with Crippen LogP contribution in [0.25, 0.3) is 10.9 Å². The Kier molecular flexibility index (Phi) is 10.7. The first-order valence-electron chi connectivity index (χ1n) is 12.8. The van der Waals surface area contributed by atoms with Crippen LogP contribution in [0.4, 0.5) is 0 Å². The molecular formula is C27H41N5O5. The Morgan fingerprint density at radius 3 is 2.05 bits per heavy atom. The summed E-state index contributed by atoms with van der Waals surface area (Å²) in [7, 11) is 0. The summed E-state index contributed by atoms with van der Waals surface area (Å²) < 4.78 is 0. The van der Waals surface area contributed by atoms with Crippen molar-refractivity contribution in [3.63, 3.8) is 0 Å². The van der Waals surface area contributed by atoms with Crippen molar-refractivity contribution in [3.8, 4) is 0 Å². The number of carbonyl (C=O) groups is 4. The van der Waals surface area contributed by atoms with E-state index < -0.39 is 47.9 Å². The molecule has 10 heteroatoms. The molecule has 0 radical (unpaired) electrons. The molecule has 2 aromatic rings. The predicted octanol–water partition coefficient (Wildman–Crippen LogP) is 1.93. The monoisotopic (exact) mass is 515 g/mol. The molecule has 1 heterocycles. The number of benzene rings is 1. The highest BCUT2D eigenvalue weighted by Crippen LogP contribution is 2.19. The van der Waals surface area contributed by atoms with Gasteiger partial charge in [-0.05, 0) is 35.8 Å². The van der Waals surface area contributed by atoms with Crippen LogP contribution in [0.5, 0.6) is 0 Å². The first-order valence-corrected chi connectivity index (χ1v) is 12.8. The van der Waals surface area contributed by atoms with Crippen LogP contribution in [0.2, 0.25) is 0 Å². The molecule has 4 atom stereocenters. The fourth-order valence-electron chi connectivity index (χ4n) is 4.04. The SMILES string of the molecule is CC(C)CC(NC(=O)C(N)C(C)C)C(=O)NC(C(=O)NC(Cc1c[nH]c2ccccc12)C(=O)O)C(C)C. The van der Waals surface area contributed by atoms with Crippen molar-refractivity contribution >= 4 is 34.6 Å². The third-order valence-corrected chi connectivity index (χ3v) is 6.32. The minimum atomic E-state index is -1.19. The third-order valence-electron chi connectivity index (χ3n) is 6.32. The number of carboxylic acid groups (broad SMARTS) is 1. The van der Waals surface area contributed by atoms with Crippen LogP contribution in [0.3, 0.4) is 0 Å². The molecule has 2 rings (SSSR count). The van der Waals surface area contributed by atoms with Gasteiger partial charge < -0.3 is 31.8 Å². The average molecular weight is 516 g/mol. The molecule has 10 nitrogen and oxygen atoms in total. The Balaban J connectivity index is 2.16. The number of aliphatic carboxylic acids is 1. The van der Waals surface area contributed by atoms with Crippen LogP contribution in [0, 0.1) is 17.8 Å². The van der Waals surface area contributed by atoms with Gasteiger partial charge in [0.15, 0.2) is 0 Å². The van der Waals surface area contributed by atoms with E-state index >= 15 is 0 Å². The van der Waals surface area contributed by atoms with E-state index in [1.807, 2.05) is 52.0 Å². The van der Waals surface area contributed by atoms with Gasteiger partial charge in [-0.1, -0.05) is 59.7 Å². The lowest BCUT2D eigenvalue weighted by Crippen LogP contribution is -2.59. The number of amides is 3.